The number of rotatable bonds is 5. The molecule has 4 rings (SSSR count). The zero-order valence-electron chi connectivity index (χ0n) is 15.7. The molecule has 1 aromatic heterocycles. The maximum atomic E-state index is 13.5. The summed E-state index contributed by atoms with van der Waals surface area (Å²) < 4.78 is 13.2. The van der Waals surface area contributed by atoms with Gasteiger partial charge in [-0.3, -0.25) is 9.78 Å². The van der Waals surface area contributed by atoms with E-state index in [2.05, 4.69) is 4.98 Å². The van der Waals surface area contributed by atoms with Gasteiger partial charge < -0.3 is 10.2 Å². The predicted octanol–water partition coefficient (Wildman–Crippen LogP) is 5.08. The lowest BCUT2D eigenvalue weighted by Gasteiger charge is -2.33. The molecule has 0 radical (unpaired) electrons. The summed E-state index contributed by atoms with van der Waals surface area (Å²) in [6, 6.07) is 10.0. The Hall–Kier alpha value is -3.26. The van der Waals surface area contributed by atoms with E-state index in [0.29, 0.717) is 16.9 Å². The van der Waals surface area contributed by atoms with E-state index in [0.717, 1.165) is 0 Å². The van der Waals surface area contributed by atoms with Crippen molar-refractivity contribution < 1.29 is 24.2 Å². The number of aliphatic carboxylic acids is 1. The molecule has 6 nitrogen and oxygen atoms in total. The normalized spacial score (nSPS) is 17.2. The monoisotopic (exact) mass is 459 g/mol. The van der Waals surface area contributed by atoms with Gasteiger partial charge in [-0.05, 0) is 24.3 Å². The summed E-state index contributed by atoms with van der Waals surface area (Å²) in [6.07, 6.45) is 4.22. The number of pyridine rings is 1. The summed E-state index contributed by atoms with van der Waals surface area (Å²) in [5.41, 5.74) is 1.62. The summed E-state index contributed by atoms with van der Waals surface area (Å²) >= 11 is 13.0. The van der Waals surface area contributed by atoms with E-state index in [1.54, 1.807) is 18.2 Å². The Balaban J connectivity index is 2.06. The Morgan fingerprint density at radius 1 is 1.03 bits per heavy atom. The summed E-state index contributed by atoms with van der Waals surface area (Å²) in [5.74, 6) is -3.35. The first-order valence-corrected chi connectivity index (χ1v) is 9.75. The van der Waals surface area contributed by atoms with Gasteiger partial charge in [0.2, 0.25) is 0 Å². The number of ketones is 1. The number of carbonyl (C=O) groups excluding carboxylic acids is 1. The minimum atomic E-state index is -1.64. The van der Waals surface area contributed by atoms with Crippen LogP contribution in [0.5, 0.6) is 5.75 Å². The molecule has 0 fully saturated rings. The molecule has 1 aliphatic heterocycles. The first-order chi connectivity index (χ1) is 14.7. The molecule has 2 aromatic carbocycles. The molecule has 156 valence electrons. The van der Waals surface area contributed by atoms with Crippen molar-refractivity contribution in [3.8, 4) is 5.75 Å². The van der Waals surface area contributed by atoms with E-state index < -0.39 is 17.6 Å². The van der Waals surface area contributed by atoms with Crippen LogP contribution < -0.4 is 4.48 Å². The van der Waals surface area contributed by atoms with E-state index in [4.69, 9.17) is 23.2 Å². The van der Waals surface area contributed by atoms with E-state index >= 15 is 0 Å². The van der Waals surface area contributed by atoms with Gasteiger partial charge in [-0.1, -0.05) is 35.3 Å². The second-order valence-corrected chi connectivity index (χ2v) is 7.80. The quantitative estimate of drug-likeness (QED) is 0.410. The number of carbonyl (C=O) groups is 2. The van der Waals surface area contributed by atoms with E-state index in [1.165, 1.54) is 42.9 Å². The molecule has 0 spiro atoms. The number of halogens is 3. The van der Waals surface area contributed by atoms with Gasteiger partial charge in [0.1, 0.15) is 34.4 Å². The Kier molecular flexibility index (Phi) is 5.26. The molecule has 3 aromatic rings. The molecule has 1 atom stereocenters. The van der Waals surface area contributed by atoms with Crippen molar-refractivity contribution in [3.05, 3.63) is 88.0 Å². The molecule has 0 bridgehead atoms. The molecule has 0 amide bonds. The lowest BCUT2D eigenvalue weighted by atomic mass is 10.0. The van der Waals surface area contributed by atoms with Crippen molar-refractivity contribution in [3.63, 3.8) is 0 Å². The van der Waals surface area contributed by atoms with Gasteiger partial charge in [0.15, 0.2) is 11.4 Å². The van der Waals surface area contributed by atoms with Gasteiger partial charge in [0, 0.05) is 11.6 Å². The number of phenolic OH excluding ortho intramolecular Hbond substituents is 1. The SMILES string of the molecule is O=C(O)C(=O)C1=C[N+](Cc2ccc(F)cc2)(c2c(Cl)cncc2Cl)c2ccc(O)cc21. The summed E-state index contributed by atoms with van der Waals surface area (Å²) in [6.45, 7) is 0.137. The number of phenols is 1. The minimum absolute atomic E-state index is 0.121. The number of nitrogens with zero attached hydrogens (tertiary/aromatic N) is 2. The van der Waals surface area contributed by atoms with E-state index in [1.807, 2.05) is 0 Å². The molecule has 0 saturated heterocycles. The van der Waals surface area contributed by atoms with Crippen LogP contribution in [-0.4, -0.2) is 26.9 Å². The number of benzene rings is 2. The number of quaternary nitrogens is 1. The Morgan fingerprint density at radius 3 is 2.29 bits per heavy atom. The van der Waals surface area contributed by atoms with Crippen LogP contribution in [0.4, 0.5) is 15.8 Å². The third-order valence-corrected chi connectivity index (χ3v) is 5.61. The number of aromatic hydroxyl groups is 1. The third-order valence-electron chi connectivity index (χ3n) is 5.06. The molecular formula is C22H14Cl2FN2O4+. The van der Waals surface area contributed by atoms with Gasteiger partial charge >= 0.3 is 5.97 Å². The van der Waals surface area contributed by atoms with Gasteiger partial charge in [0.05, 0.1) is 23.5 Å². The summed E-state index contributed by atoms with van der Waals surface area (Å²) in [4.78, 5) is 28.0. The number of aromatic nitrogens is 1. The summed E-state index contributed by atoms with van der Waals surface area (Å²) in [5, 5.41) is 19.7. The van der Waals surface area contributed by atoms with Crippen LogP contribution in [0.1, 0.15) is 11.1 Å². The number of hydrogen-bond donors (Lipinski definition) is 2. The van der Waals surface area contributed by atoms with Crippen LogP contribution in [0.2, 0.25) is 10.0 Å². The second-order valence-electron chi connectivity index (χ2n) is 6.98. The first-order valence-electron chi connectivity index (χ1n) is 8.99. The molecule has 0 aliphatic carbocycles. The van der Waals surface area contributed by atoms with E-state index in [-0.39, 0.29) is 38.0 Å². The molecule has 2 heterocycles. The number of hydrogen-bond acceptors (Lipinski definition) is 4. The zero-order valence-corrected chi connectivity index (χ0v) is 17.2. The number of carboxylic acid groups (broad SMARTS) is 1. The standard InChI is InChI=1S/C22H13Cl2FN2O4/c23-17-8-26-9-18(24)20(17)27(10-12-1-3-13(25)4-2-12)11-16(21(29)22(30)31)15-7-14(28)5-6-19(15)27/h1-9,11H,10H2,(H-,28,30,31)/p+1. The van der Waals surface area contributed by atoms with Gasteiger partial charge in [0.25, 0.3) is 5.78 Å². The zero-order chi connectivity index (χ0) is 22.3. The largest absolute Gasteiger partial charge is 0.508 e. The highest BCUT2D eigenvalue weighted by Crippen LogP contribution is 2.53. The maximum Gasteiger partial charge on any atom is 0.377 e. The number of Topliss-reactive ketones (excluding diaryl/α,β-unsaturated/α-hetero) is 1. The topological polar surface area (TPSA) is 87.5 Å². The highest BCUT2D eigenvalue weighted by molar-refractivity contribution is 6.52. The molecule has 31 heavy (non-hydrogen) atoms. The van der Waals surface area contributed by atoms with Crippen LogP contribution in [0.25, 0.3) is 5.57 Å². The minimum Gasteiger partial charge on any atom is -0.508 e. The van der Waals surface area contributed by atoms with Crippen molar-refractivity contribution in [2.24, 2.45) is 0 Å². The van der Waals surface area contributed by atoms with Gasteiger partial charge in [-0.25, -0.2) is 13.7 Å². The van der Waals surface area contributed by atoms with Crippen LogP contribution in [-0.2, 0) is 16.1 Å². The van der Waals surface area contributed by atoms with E-state index in [9.17, 15) is 24.2 Å². The fourth-order valence-corrected chi connectivity index (χ4v) is 4.47. The van der Waals surface area contributed by atoms with Gasteiger partial charge in [-0.2, -0.15) is 0 Å². The highest BCUT2D eigenvalue weighted by Gasteiger charge is 2.46. The molecule has 1 aliphatic rings. The average molecular weight is 460 g/mol. The van der Waals surface area contributed by atoms with Crippen LogP contribution in [0, 0.1) is 5.82 Å². The van der Waals surface area contributed by atoms with Crippen LogP contribution in [0.3, 0.4) is 0 Å². The van der Waals surface area contributed by atoms with Crippen molar-refractivity contribution in [2.75, 3.05) is 0 Å². The van der Waals surface area contributed by atoms with Crippen molar-refractivity contribution in [1.82, 2.24) is 9.47 Å². The molecule has 9 heteroatoms. The van der Waals surface area contributed by atoms with Crippen molar-refractivity contribution >= 4 is 51.9 Å². The fourth-order valence-electron chi connectivity index (χ4n) is 3.80. The highest BCUT2D eigenvalue weighted by atomic mass is 35.5. The predicted molar refractivity (Wildman–Crippen MR) is 115 cm³/mol. The number of carboxylic acids is 1. The maximum absolute atomic E-state index is 13.5. The second kappa shape index (κ2) is 7.77. The number of fused-ring (bicyclic) bond motifs is 1. The summed E-state index contributed by atoms with van der Waals surface area (Å²) in [7, 11) is 0. The fraction of sp³-hybridized carbons (Fsp3) is 0.0455. The van der Waals surface area contributed by atoms with Crippen molar-refractivity contribution in [2.45, 2.75) is 6.54 Å². The smallest absolute Gasteiger partial charge is 0.377 e. The van der Waals surface area contributed by atoms with Crippen LogP contribution >= 0.6 is 23.2 Å². The van der Waals surface area contributed by atoms with Crippen LogP contribution in [0.15, 0.2) is 61.1 Å². The Labute approximate surface area is 186 Å². The third kappa shape index (κ3) is 3.57. The molecule has 0 saturated carbocycles. The average Bonchev–Trinajstić information content (AvgIpc) is 3.03. The molecular weight excluding hydrogens is 446 g/mol. The van der Waals surface area contributed by atoms with Crippen molar-refractivity contribution in [1.29, 1.82) is 0 Å². The lowest BCUT2D eigenvalue weighted by Crippen LogP contribution is -2.37. The molecule has 2 N–H and O–H groups in total. The Bertz CT molecular complexity index is 1240. The van der Waals surface area contributed by atoms with Gasteiger partial charge in [-0.15, -0.1) is 0 Å². The lowest BCUT2D eigenvalue weighted by molar-refractivity contribution is -0.146. The Morgan fingerprint density at radius 2 is 1.68 bits per heavy atom. The molecule has 1 unspecified atom stereocenters. The first kappa shape index (κ1) is 21.0.